The number of nitrogens with one attached hydrogen (secondary N) is 1. The SMILES string of the molecule is C=C(/C=C(F)\C=C(/C)F)[C@@H]1CC=NN1C(=O)N1CCN(c2ncc(F)c(-c3cc(C(=O)O)c[nH]3)n2)CC1. The highest BCUT2D eigenvalue weighted by Gasteiger charge is 2.33. The third-order valence-corrected chi connectivity index (χ3v) is 5.86. The third kappa shape index (κ3) is 5.71. The molecule has 2 aliphatic heterocycles. The molecule has 0 aromatic carbocycles. The number of carbonyl (C=O) groups is 2. The fourth-order valence-electron chi connectivity index (χ4n) is 4.01. The van der Waals surface area contributed by atoms with Crippen LogP contribution in [0.5, 0.6) is 0 Å². The zero-order valence-electron chi connectivity index (χ0n) is 19.9. The van der Waals surface area contributed by atoms with Gasteiger partial charge in [-0.15, -0.1) is 0 Å². The van der Waals surface area contributed by atoms with Crippen LogP contribution >= 0.6 is 0 Å². The number of piperazine rings is 1. The van der Waals surface area contributed by atoms with Crippen molar-refractivity contribution < 1.29 is 27.9 Å². The number of carboxylic acids is 1. The van der Waals surface area contributed by atoms with E-state index in [-0.39, 0.29) is 34.5 Å². The summed E-state index contributed by atoms with van der Waals surface area (Å²) >= 11 is 0. The second kappa shape index (κ2) is 10.7. The molecule has 1 fully saturated rings. The number of hydrogen-bond acceptors (Lipinski definition) is 6. The molecule has 10 nitrogen and oxygen atoms in total. The molecule has 0 aliphatic carbocycles. The van der Waals surface area contributed by atoms with Crippen molar-refractivity contribution in [1.82, 2.24) is 24.9 Å². The van der Waals surface area contributed by atoms with E-state index in [1.54, 1.807) is 9.80 Å². The molecule has 2 amide bonds. The van der Waals surface area contributed by atoms with E-state index in [1.807, 2.05) is 0 Å². The summed E-state index contributed by atoms with van der Waals surface area (Å²) in [5.74, 6) is -3.13. The highest BCUT2D eigenvalue weighted by molar-refractivity contribution is 5.89. The van der Waals surface area contributed by atoms with Gasteiger partial charge in [-0.1, -0.05) is 6.58 Å². The predicted molar refractivity (Wildman–Crippen MR) is 130 cm³/mol. The summed E-state index contributed by atoms with van der Waals surface area (Å²) in [4.78, 5) is 38.6. The Morgan fingerprint density at radius 1 is 1.22 bits per heavy atom. The number of urea groups is 1. The molecule has 0 spiro atoms. The van der Waals surface area contributed by atoms with E-state index in [0.717, 1.165) is 25.3 Å². The van der Waals surface area contributed by atoms with Crippen LogP contribution in [0.4, 0.5) is 23.9 Å². The van der Waals surface area contributed by atoms with Gasteiger partial charge >= 0.3 is 12.0 Å². The van der Waals surface area contributed by atoms with Gasteiger partial charge in [0.15, 0.2) is 5.82 Å². The maximum atomic E-state index is 14.4. The lowest BCUT2D eigenvalue weighted by Gasteiger charge is -2.37. The van der Waals surface area contributed by atoms with Gasteiger partial charge in [-0.25, -0.2) is 37.7 Å². The lowest BCUT2D eigenvalue weighted by Crippen LogP contribution is -2.53. The number of carboxylic acid groups (broad SMARTS) is 1. The smallest absolute Gasteiger partial charge is 0.341 e. The van der Waals surface area contributed by atoms with E-state index in [1.165, 1.54) is 23.5 Å². The lowest BCUT2D eigenvalue weighted by molar-refractivity contribution is 0.0697. The van der Waals surface area contributed by atoms with E-state index < -0.39 is 29.5 Å². The molecule has 194 valence electrons. The van der Waals surface area contributed by atoms with Crippen LogP contribution < -0.4 is 4.90 Å². The van der Waals surface area contributed by atoms with Crippen molar-refractivity contribution in [2.45, 2.75) is 19.4 Å². The molecule has 0 unspecified atom stereocenters. The number of nitrogens with zero attached hydrogens (tertiary/aromatic N) is 6. The molecular weight excluding hydrogens is 491 g/mol. The summed E-state index contributed by atoms with van der Waals surface area (Å²) in [6.45, 7) is 6.21. The Morgan fingerprint density at radius 3 is 2.59 bits per heavy atom. The molecule has 0 saturated carbocycles. The number of hydrogen-bond donors (Lipinski definition) is 2. The molecule has 37 heavy (non-hydrogen) atoms. The topological polar surface area (TPSA) is 118 Å². The van der Waals surface area contributed by atoms with Gasteiger partial charge in [-0.05, 0) is 24.6 Å². The summed E-state index contributed by atoms with van der Waals surface area (Å²) in [7, 11) is 0. The fourth-order valence-corrected chi connectivity index (χ4v) is 4.01. The van der Waals surface area contributed by atoms with Crippen LogP contribution in [-0.2, 0) is 0 Å². The monoisotopic (exact) mass is 515 g/mol. The maximum Gasteiger partial charge on any atom is 0.341 e. The Bertz CT molecular complexity index is 1310. The number of carbonyl (C=O) groups excluding carboxylic acids is 1. The predicted octanol–water partition coefficient (Wildman–Crippen LogP) is 3.89. The van der Waals surface area contributed by atoms with E-state index in [0.29, 0.717) is 32.6 Å². The number of hydrazone groups is 1. The number of aromatic nitrogens is 3. The Labute approximate surface area is 210 Å². The van der Waals surface area contributed by atoms with Crippen molar-refractivity contribution in [2.75, 3.05) is 31.1 Å². The Kier molecular flexibility index (Phi) is 7.41. The lowest BCUT2D eigenvalue weighted by atomic mass is 10.1. The maximum absolute atomic E-state index is 14.4. The minimum absolute atomic E-state index is 0.0283. The molecule has 2 N–H and O–H groups in total. The fraction of sp³-hybridized carbons (Fsp3) is 0.292. The molecule has 2 aromatic heterocycles. The first-order valence-electron chi connectivity index (χ1n) is 11.3. The zero-order valence-corrected chi connectivity index (χ0v) is 19.9. The quantitative estimate of drug-likeness (QED) is 0.564. The number of H-pyrrole nitrogens is 1. The Morgan fingerprint density at radius 2 is 1.95 bits per heavy atom. The molecule has 13 heteroatoms. The highest BCUT2D eigenvalue weighted by Crippen LogP contribution is 2.25. The molecular formula is C24H24F3N7O3. The van der Waals surface area contributed by atoms with Crippen LogP contribution in [0.1, 0.15) is 23.7 Å². The van der Waals surface area contributed by atoms with Gasteiger partial charge in [0.25, 0.3) is 0 Å². The zero-order chi connectivity index (χ0) is 26.7. The van der Waals surface area contributed by atoms with Crippen molar-refractivity contribution in [1.29, 1.82) is 0 Å². The summed E-state index contributed by atoms with van der Waals surface area (Å²) in [6, 6.07) is 0.299. The molecule has 4 heterocycles. The van der Waals surface area contributed by atoms with Crippen molar-refractivity contribution in [2.24, 2.45) is 5.10 Å². The van der Waals surface area contributed by atoms with E-state index in [2.05, 4.69) is 26.6 Å². The average Bonchev–Trinajstić information content (AvgIpc) is 3.54. The number of amides is 2. The van der Waals surface area contributed by atoms with Crippen LogP contribution in [-0.4, -0.2) is 80.4 Å². The Hall–Kier alpha value is -4.42. The first kappa shape index (κ1) is 25.7. The number of allylic oxidation sites excluding steroid dienone is 3. The van der Waals surface area contributed by atoms with Gasteiger partial charge in [0, 0.05) is 51.1 Å². The van der Waals surface area contributed by atoms with Crippen LogP contribution in [0, 0.1) is 5.82 Å². The molecule has 1 atom stereocenters. The Balaban J connectivity index is 1.41. The van der Waals surface area contributed by atoms with Crippen molar-refractivity contribution in [3.05, 3.63) is 65.8 Å². The number of anilines is 1. The van der Waals surface area contributed by atoms with E-state index in [9.17, 15) is 22.8 Å². The first-order valence-corrected chi connectivity index (χ1v) is 11.3. The first-order chi connectivity index (χ1) is 17.6. The van der Waals surface area contributed by atoms with Gasteiger partial charge in [0.2, 0.25) is 5.95 Å². The van der Waals surface area contributed by atoms with E-state index >= 15 is 0 Å². The van der Waals surface area contributed by atoms with Gasteiger partial charge in [-0.3, -0.25) is 0 Å². The highest BCUT2D eigenvalue weighted by atomic mass is 19.1. The summed E-state index contributed by atoms with van der Waals surface area (Å²) in [5.41, 5.74) is 0.386. The van der Waals surface area contributed by atoms with Gasteiger partial charge in [0.05, 0.1) is 29.3 Å². The number of halogens is 3. The average molecular weight is 515 g/mol. The standard InChI is InChI=1S/C24H24F3N7O3/c1-14(9-17(26)10-15(2)25)20-3-4-30-34(20)24(37)33-7-5-32(6-8-33)23-29-13-18(27)21(31-23)19-11-16(12-28-19)22(35)36/h4,9-13,20,28H,1,3,5-8H2,2H3,(H,35,36)/b15-10+,17-9+/t20-/m0/s1. The van der Waals surface area contributed by atoms with Crippen LogP contribution in [0.25, 0.3) is 11.4 Å². The normalized spacial score (nSPS) is 18.5. The molecule has 0 bridgehead atoms. The van der Waals surface area contributed by atoms with Gasteiger partial charge in [-0.2, -0.15) is 5.10 Å². The van der Waals surface area contributed by atoms with Crippen molar-refractivity contribution in [3.63, 3.8) is 0 Å². The third-order valence-electron chi connectivity index (χ3n) is 5.86. The molecule has 1 saturated heterocycles. The molecule has 0 radical (unpaired) electrons. The summed E-state index contributed by atoms with van der Waals surface area (Å²) in [5, 5.41) is 14.4. The number of aromatic carboxylic acids is 1. The van der Waals surface area contributed by atoms with Crippen LogP contribution in [0.2, 0.25) is 0 Å². The molecule has 2 aliphatic rings. The minimum atomic E-state index is -1.15. The molecule has 2 aromatic rings. The van der Waals surface area contributed by atoms with Crippen LogP contribution in [0.3, 0.4) is 0 Å². The minimum Gasteiger partial charge on any atom is -0.478 e. The second-order valence-electron chi connectivity index (χ2n) is 8.46. The number of aromatic amines is 1. The second-order valence-corrected chi connectivity index (χ2v) is 8.46. The van der Waals surface area contributed by atoms with E-state index in [4.69, 9.17) is 5.11 Å². The summed E-state index contributed by atoms with van der Waals surface area (Å²) < 4.78 is 41.2. The summed E-state index contributed by atoms with van der Waals surface area (Å²) in [6.07, 6.45) is 5.95. The van der Waals surface area contributed by atoms with Crippen LogP contribution in [0.15, 0.2) is 59.5 Å². The van der Waals surface area contributed by atoms with Gasteiger partial charge < -0.3 is 19.9 Å². The van der Waals surface area contributed by atoms with Crippen molar-refractivity contribution in [3.8, 4) is 11.4 Å². The van der Waals surface area contributed by atoms with Crippen molar-refractivity contribution >= 4 is 24.2 Å². The number of rotatable bonds is 6. The molecule has 4 rings (SSSR count). The largest absolute Gasteiger partial charge is 0.478 e. The van der Waals surface area contributed by atoms with Gasteiger partial charge in [0.1, 0.15) is 11.5 Å².